The molecule has 3 aliphatic heterocycles. The van der Waals surface area contributed by atoms with Gasteiger partial charge in [0, 0.05) is 85.4 Å². The summed E-state index contributed by atoms with van der Waals surface area (Å²) in [5, 5.41) is 22.1. The fourth-order valence-corrected chi connectivity index (χ4v) is 8.30. The Labute approximate surface area is 340 Å². The van der Waals surface area contributed by atoms with Crippen molar-refractivity contribution in [3.8, 4) is 22.8 Å². The lowest BCUT2D eigenvalue weighted by molar-refractivity contribution is -0.135. The molecular formula is C43H47FN8O7. The highest BCUT2D eigenvalue weighted by atomic mass is 19.1. The van der Waals surface area contributed by atoms with Gasteiger partial charge in [-0.05, 0) is 80.0 Å². The van der Waals surface area contributed by atoms with E-state index in [9.17, 15) is 19.5 Å². The average Bonchev–Trinajstić information content (AvgIpc) is 3.53. The highest BCUT2D eigenvalue weighted by molar-refractivity contribution is 6.03. The van der Waals surface area contributed by atoms with Crippen LogP contribution in [0.2, 0.25) is 0 Å². The third-order valence-corrected chi connectivity index (χ3v) is 11.7. The number of benzene rings is 2. The Balaban J connectivity index is 0.000000274. The van der Waals surface area contributed by atoms with Gasteiger partial charge in [0.05, 0.1) is 25.3 Å². The molecule has 16 heteroatoms. The number of carbonyl (C=O) groups excluding carboxylic acids is 3. The van der Waals surface area contributed by atoms with Gasteiger partial charge in [0.2, 0.25) is 11.8 Å². The largest absolute Gasteiger partial charge is 0.508 e. The molecule has 0 spiro atoms. The van der Waals surface area contributed by atoms with Crippen LogP contribution < -0.4 is 15.4 Å². The molecule has 4 aliphatic rings. The SMILES string of the molecule is COC(=O)c1ccc(O)cc1C(=O)OC.Cc1c(-c2cc3cc(Nc4cc5n(n4)CC(=O)N(C4CCN(C6CCC6)CC4)CC5)ncc3cc2F)cnc2c1NCCO2. The zero-order chi connectivity index (χ0) is 41.2. The summed E-state index contributed by atoms with van der Waals surface area (Å²) >= 11 is 0. The fraction of sp³-hybridized carbons (Fsp3) is 0.395. The van der Waals surface area contributed by atoms with Crippen LogP contribution in [-0.2, 0) is 27.2 Å². The maximum Gasteiger partial charge on any atom is 0.338 e. The highest BCUT2D eigenvalue weighted by Crippen LogP contribution is 2.38. The van der Waals surface area contributed by atoms with Crippen LogP contribution in [-0.4, -0.2) is 112 Å². The summed E-state index contributed by atoms with van der Waals surface area (Å²) in [6.45, 7) is 6.36. The second-order valence-corrected chi connectivity index (χ2v) is 15.2. The Morgan fingerprint density at radius 3 is 2.42 bits per heavy atom. The first-order chi connectivity index (χ1) is 28.6. The fourth-order valence-electron chi connectivity index (χ4n) is 8.30. The number of rotatable bonds is 7. The smallest absolute Gasteiger partial charge is 0.338 e. The van der Waals surface area contributed by atoms with Crippen LogP contribution in [0.5, 0.6) is 11.6 Å². The zero-order valence-electron chi connectivity index (χ0n) is 33.3. The molecule has 0 bridgehead atoms. The molecule has 1 aliphatic carbocycles. The number of esters is 2. The van der Waals surface area contributed by atoms with Gasteiger partial charge in [0.15, 0.2) is 5.82 Å². The van der Waals surface area contributed by atoms with E-state index < -0.39 is 11.9 Å². The number of nitrogens with one attached hydrogen (secondary N) is 2. The molecule has 0 unspecified atom stereocenters. The van der Waals surface area contributed by atoms with E-state index in [1.807, 2.05) is 29.8 Å². The van der Waals surface area contributed by atoms with Crippen LogP contribution in [0.25, 0.3) is 21.9 Å². The number of piperidine rings is 1. The Morgan fingerprint density at radius 2 is 1.68 bits per heavy atom. The van der Waals surface area contributed by atoms with Crippen LogP contribution in [0, 0.1) is 12.7 Å². The number of anilines is 3. The monoisotopic (exact) mass is 806 g/mol. The summed E-state index contributed by atoms with van der Waals surface area (Å²) in [5.74, 6) is 0.126. The molecule has 1 amide bonds. The summed E-state index contributed by atoms with van der Waals surface area (Å²) < 4.78 is 31.7. The van der Waals surface area contributed by atoms with E-state index >= 15 is 4.39 Å². The number of halogens is 1. The summed E-state index contributed by atoms with van der Waals surface area (Å²) in [7, 11) is 2.39. The van der Waals surface area contributed by atoms with Crippen molar-refractivity contribution in [1.29, 1.82) is 0 Å². The van der Waals surface area contributed by atoms with E-state index in [-0.39, 0.29) is 35.1 Å². The number of phenolic OH excluding ortho intramolecular Hbond substituents is 1. The van der Waals surface area contributed by atoms with Crippen molar-refractivity contribution in [3.63, 3.8) is 0 Å². The Morgan fingerprint density at radius 1 is 0.898 bits per heavy atom. The van der Waals surface area contributed by atoms with Gasteiger partial charge in [-0.15, -0.1) is 0 Å². The molecule has 2 aromatic carbocycles. The van der Waals surface area contributed by atoms with Crippen molar-refractivity contribution < 1.29 is 38.1 Å². The van der Waals surface area contributed by atoms with Crippen molar-refractivity contribution in [2.45, 2.75) is 64.1 Å². The number of ether oxygens (including phenoxy) is 3. The Bertz CT molecular complexity index is 2410. The second-order valence-electron chi connectivity index (χ2n) is 15.2. The van der Waals surface area contributed by atoms with Crippen LogP contribution >= 0.6 is 0 Å². The molecule has 5 aromatic rings. The van der Waals surface area contributed by atoms with Gasteiger partial charge in [0.1, 0.15) is 36.2 Å². The van der Waals surface area contributed by atoms with Gasteiger partial charge in [-0.1, -0.05) is 6.42 Å². The maximum atomic E-state index is 15.3. The van der Waals surface area contributed by atoms with Crippen LogP contribution in [0.15, 0.2) is 54.9 Å². The van der Waals surface area contributed by atoms with Gasteiger partial charge in [-0.2, -0.15) is 5.10 Å². The number of carbonyl (C=O) groups is 3. The molecule has 6 heterocycles. The lowest BCUT2D eigenvalue weighted by Crippen LogP contribution is -2.51. The van der Waals surface area contributed by atoms with Gasteiger partial charge < -0.3 is 39.8 Å². The minimum absolute atomic E-state index is 0.0237. The molecule has 308 valence electrons. The van der Waals surface area contributed by atoms with Crippen LogP contribution in [0.3, 0.4) is 0 Å². The molecule has 1 saturated carbocycles. The lowest BCUT2D eigenvalue weighted by atomic mass is 9.89. The van der Waals surface area contributed by atoms with Gasteiger partial charge in [-0.3, -0.25) is 9.48 Å². The number of methoxy groups -OCH3 is 2. The van der Waals surface area contributed by atoms with Crippen molar-refractivity contribution in [1.82, 2.24) is 29.5 Å². The van der Waals surface area contributed by atoms with Crippen LogP contribution in [0.1, 0.15) is 64.1 Å². The van der Waals surface area contributed by atoms with Gasteiger partial charge in [0.25, 0.3) is 0 Å². The van der Waals surface area contributed by atoms with Gasteiger partial charge >= 0.3 is 11.9 Å². The number of aromatic nitrogens is 4. The minimum atomic E-state index is -0.702. The molecular weight excluding hydrogens is 760 g/mol. The summed E-state index contributed by atoms with van der Waals surface area (Å²) in [6, 6.07) is 12.1. The molecule has 0 radical (unpaired) electrons. The standard InChI is InChI=1S/C33H37FN8O2.C10H10O5/c1-20-27(18-37-33-32(20)35-8-12-44-33)26-13-21-15-29(36-17-22(21)14-28(26)34)38-30-16-25-7-11-41(31(43)19-42(25)39-30)24-5-9-40(10-6-24)23-3-2-4-23;1-14-9(12)7-4-3-6(11)5-8(7)10(13)15-2/h13-18,23-24,35H,2-12,19H2,1H3,(H,36,38,39);3-5,11H,1-2H3. The molecule has 1 saturated heterocycles. The maximum absolute atomic E-state index is 15.3. The first-order valence-electron chi connectivity index (χ1n) is 19.9. The molecule has 9 rings (SSSR count). The molecule has 0 atom stereocenters. The molecule has 3 N–H and O–H groups in total. The summed E-state index contributed by atoms with van der Waals surface area (Å²) in [5.41, 5.74) is 3.96. The highest BCUT2D eigenvalue weighted by Gasteiger charge is 2.34. The first kappa shape index (κ1) is 39.5. The van der Waals surface area contributed by atoms with E-state index in [1.165, 1.54) is 51.7 Å². The van der Waals surface area contributed by atoms with E-state index in [0.717, 1.165) is 73.3 Å². The number of phenols is 1. The number of hydrogen-bond donors (Lipinski definition) is 3. The summed E-state index contributed by atoms with van der Waals surface area (Å²) in [6.07, 6.45) is 10.2. The normalized spacial score (nSPS) is 16.9. The van der Waals surface area contributed by atoms with Crippen molar-refractivity contribution in [3.05, 3.63) is 83.1 Å². The summed E-state index contributed by atoms with van der Waals surface area (Å²) in [4.78, 5) is 49.5. The average molecular weight is 807 g/mol. The topological polar surface area (TPSA) is 173 Å². The third-order valence-electron chi connectivity index (χ3n) is 11.7. The van der Waals surface area contributed by atoms with E-state index in [0.29, 0.717) is 53.2 Å². The third kappa shape index (κ3) is 8.22. The first-order valence-corrected chi connectivity index (χ1v) is 19.9. The lowest BCUT2D eigenvalue weighted by Gasteiger charge is -2.44. The number of likely N-dealkylation sites (tertiary alicyclic amines) is 1. The predicted molar refractivity (Wildman–Crippen MR) is 218 cm³/mol. The van der Waals surface area contributed by atoms with Gasteiger partial charge in [-0.25, -0.2) is 23.9 Å². The zero-order valence-corrected chi connectivity index (χ0v) is 33.3. The van der Waals surface area contributed by atoms with E-state index in [4.69, 9.17) is 9.84 Å². The number of aromatic hydroxyl groups is 1. The molecule has 59 heavy (non-hydrogen) atoms. The number of nitrogens with zero attached hydrogens (tertiary/aromatic N) is 6. The quantitative estimate of drug-likeness (QED) is 0.167. The number of fused-ring (bicyclic) bond motifs is 3. The number of pyridine rings is 2. The number of hydrogen-bond acceptors (Lipinski definition) is 13. The molecule has 3 aromatic heterocycles. The van der Waals surface area contributed by atoms with Crippen molar-refractivity contribution in [2.75, 3.05) is 57.6 Å². The molecule has 2 fully saturated rings. The Kier molecular flexibility index (Phi) is 11.3. The van der Waals surface area contributed by atoms with E-state index in [2.05, 4.69) is 39.9 Å². The minimum Gasteiger partial charge on any atom is -0.508 e. The van der Waals surface area contributed by atoms with E-state index in [1.54, 1.807) is 12.4 Å². The van der Waals surface area contributed by atoms with Crippen molar-refractivity contribution >= 4 is 45.9 Å². The predicted octanol–water partition coefficient (Wildman–Crippen LogP) is 5.86. The number of amides is 1. The van der Waals surface area contributed by atoms with Crippen LogP contribution in [0.4, 0.5) is 21.7 Å². The van der Waals surface area contributed by atoms with Crippen molar-refractivity contribution in [2.24, 2.45) is 0 Å². The second kappa shape index (κ2) is 16.9. The Hall–Kier alpha value is -6.29. The molecule has 15 nitrogen and oxygen atoms in total.